The van der Waals surface area contributed by atoms with Crippen LogP contribution in [0.15, 0.2) is 22.9 Å². The minimum absolute atomic E-state index is 0.0416. The number of oxazole rings is 1. The number of carboxylic acids is 1. The Balaban J connectivity index is 2.05. The second-order valence-corrected chi connectivity index (χ2v) is 4.19. The van der Waals surface area contributed by atoms with E-state index >= 15 is 0 Å². The Kier molecular flexibility index (Phi) is 4.01. The van der Waals surface area contributed by atoms with Gasteiger partial charge in [0, 0.05) is 12.6 Å². The van der Waals surface area contributed by atoms with Gasteiger partial charge in [-0.25, -0.2) is 14.8 Å². The van der Waals surface area contributed by atoms with Crippen molar-refractivity contribution in [3.63, 3.8) is 0 Å². The summed E-state index contributed by atoms with van der Waals surface area (Å²) in [6, 6.07) is 1.34. The number of carboxylic acid groups (broad SMARTS) is 1. The van der Waals surface area contributed by atoms with E-state index in [1.807, 2.05) is 6.92 Å². The van der Waals surface area contributed by atoms with Gasteiger partial charge in [-0.05, 0) is 6.07 Å². The van der Waals surface area contributed by atoms with Crippen molar-refractivity contribution in [3.8, 4) is 0 Å². The zero-order chi connectivity index (χ0) is 13.8. The first kappa shape index (κ1) is 13.4. The standard InChI is InChI=1S/C12H12ClN3O3/c1-2-8-5-14-10(19-8)6-16-11-9(13)3-7(4-15-11)12(17)18/h3-5H,2,6H2,1H3,(H,15,16)(H,17,18). The van der Waals surface area contributed by atoms with Gasteiger partial charge in [0.2, 0.25) is 5.89 Å². The van der Waals surface area contributed by atoms with E-state index in [0.29, 0.717) is 18.3 Å². The molecule has 0 bridgehead atoms. The lowest BCUT2D eigenvalue weighted by Gasteiger charge is -2.05. The molecule has 0 fully saturated rings. The van der Waals surface area contributed by atoms with Crippen molar-refractivity contribution in [1.82, 2.24) is 9.97 Å². The molecule has 0 unspecified atom stereocenters. The summed E-state index contributed by atoms with van der Waals surface area (Å²) in [4.78, 5) is 18.8. The van der Waals surface area contributed by atoms with Crippen LogP contribution in [0.3, 0.4) is 0 Å². The number of nitrogens with zero attached hydrogens (tertiary/aromatic N) is 2. The van der Waals surface area contributed by atoms with Crippen LogP contribution in [-0.4, -0.2) is 21.0 Å². The largest absolute Gasteiger partial charge is 0.478 e. The number of aryl methyl sites for hydroxylation is 1. The Labute approximate surface area is 114 Å². The highest BCUT2D eigenvalue weighted by Crippen LogP contribution is 2.20. The van der Waals surface area contributed by atoms with Crippen LogP contribution >= 0.6 is 11.6 Å². The summed E-state index contributed by atoms with van der Waals surface area (Å²) in [7, 11) is 0. The summed E-state index contributed by atoms with van der Waals surface area (Å²) < 4.78 is 5.42. The number of nitrogens with one attached hydrogen (secondary N) is 1. The van der Waals surface area contributed by atoms with E-state index in [0.717, 1.165) is 12.2 Å². The number of carbonyl (C=O) groups is 1. The first-order valence-corrected chi connectivity index (χ1v) is 6.04. The molecule has 6 nitrogen and oxygen atoms in total. The third-order valence-electron chi connectivity index (χ3n) is 2.45. The molecule has 0 aliphatic heterocycles. The van der Waals surface area contributed by atoms with Crippen LogP contribution in [0.2, 0.25) is 5.02 Å². The molecule has 0 saturated carbocycles. The first-order chi connectivity index (χ1) is 9.10. The van der Waals surface area contributed by atoms with Gasteiger partial charge in [-0.3, -0.25) is 0 Å². The lowest BCUT2D eigenvalue weighted by atomic mass is 10.3. The maximum absolute atomic E-state index is 10.7. The molecule has 7 heteroatoms. The highest BCUT2D eigenvalue weighted by Gasteiger charge is 2.09. The number of aromatic carboxylic acids is 1. The van der Waals surface area contributed by atoms with E-state index in [1.54, 1.807) is 6.20 Å². The number of aromatic nitrogens is 2. The molecule has 19 heavy (non-hydrogen) atoms. The van der Waals surface area contributed by atoms with Crippen LogP contribution in [0.25, 0.3) is 0 Å². The Morgan fingerprint density at radius 3 is 2.84 bits per heavy atom. The fourth-order valence-corrected chi connectivity index (χ4v) is 1.67. The van der Waals surface area contributed by atoms with E-state index in [9.17, 15) is 4.79 Å². The SMILES string of the molecule is CCc1cnc(CNc2ncc(C(=O)O)cc2Cl)o1. The minimum atomic E-state index is -1.07. The molecule has 2 aromatic heterocycles. The number of pyridine rings is 1. The Hall–Kier alpha value is -2.08. The number of hydrogen-bond acceptors (Lipinski definition) is 5. The zero-order valence-electron chi connectivity index (χ0n) is 10.2. The summed E-state index contributed by atoms with van der Waals surface area (Å²) >= 11 is 5.93. The van der Waals surface area contributed by atoms with Crippen molar-refractivity contribution in [1.29, 1.82) is 0 Å². The number of anilines is 1. The number of halogens is 1. The van der Waals surface area contributed by atoms with Crippen molar-refractivity contribution in [3.05, 3.63) is 40.7 Å². The molecule has 0 amide bonds. The van der Waals surface area contributed by atoms with Crippen LogP contribution in [-0.2, 0) is 13.0 Å². The third-order valence-corrected chi connectivity index (χ3v) is 2.73. The molecule has 0 aromatic carbocycles. The summed E-state index contributed by atoms with van der Waals surface area (Å²) in [5.41, 5.74) is 0.0416. The Morgan fingerprint density at radius 1 is 1.47 bits per heavy atom. The van der Waals surface area contributed by atoms with Crippen LogP contribution in [0.5, 0.6) is 0 Å². The predicted octanol–water partition coefficient (Wildman–Crippen LogP) is 2.60. The molecule has 2 heterocycles. The van der Waals surface area contributed by atoms with Gasteiger partial charge < -0.3 is 14.8 Å². The summed E-state index contributed by atoms with van der Waals surface area (Å²) in [5, 5.41) is 12.0. The fraction of sp³-hybridized carbons (Fsp3) is 0.250. The monoisotopic (exact) mass is 281 g/mol. The molecule has 0 aliphatic rings. The van der Waals surface area contributed by atoms with Gasteiger partial charge in [-0.15, -0.1) is 0 Å². The van der Waals surface area contributed by atoms with Crippen molar-refractivity contribution < 1.29 is 14.3 Å². The number of hydrogen-bond donors (Lipinski definition) is 2. The molecular formula is C12H12ClN3O3. The Morgan fingerprint density at radius 2 is 2.26 bits per heavy atom. The molecule has 0 aliphatic carbocycles. The molecular weight excluding hydrogens is 270 g/mol. The molecule has 100 valence electrons. The van der Waals surface area contributed by atoms with Gasteiger partial charge >= 0.3 is 5.97 Å². The molecule has 2 aromatic rings. The quantitative estimate of drug-likeness (QED) is 0.876. The lowest BCUT2D eigenvalue weighted by molar-refractivity contribution is 0.0696. The lowest BCUT2D eigenvalue weighted by Crippen LogP contribution is -2.04. The van der Waals surface area contributed by atoms with Crippen molar-refractivity contribution >= 4 is 23.4 Å². The third kappa shape index (κ3) is 3.23. The van der Waals surface area contributed by atoms with Crippen molar-refractivity contribution in [2.24, 2.45) is 0 Å². The van der Waals surface area contributed by atoms with Gasteiger partial charge in [-0.2, -0.15) is 0 Å². The normalized spacial score (nSPS) is 10.4. The van der Waals surface area contributed by atoms with Gasteiger partial charge in [0.25, 0.3) is 0 Å². The molecule has 0 spiro atoms. The summed E-state index contributed by atoms with van der Waals surface area (Å²) in [5.74, 6) is 0.651. The van der Waals surface area contributed by atoms with Crippen LogP contribution in [0.4, 0.5) is 5.82 Å². The van der Waals surface area contributed by atoms with E-state index in [2.05, 4.69) is 15.3 Å². The van der Waals surface area contributed by atoms with Gasteiger partial charge in [0.1, 0.15) is 11.6 Å². The molecule has 0 saturated heterocycles. The van der Waals surface area contributed by atoms with Crippen molar-refractivity contribution in [2.75, 3.05) is 5.32 Å². The van der Waals surface area contributed by atoms with Gasteiger partial charge in [0.15, 0.2) is 0 Å². The van der Waals surface area contributed by atoms with E-state index < -0.39 is 5.97 Å². The zero-order valence-corrected chi connectivity index (χ0v) is 10.9. The van der Waals surface area contributed by atoms with E-state index in [-0.39, 0.29) is 10.6 Å². The average Bonchev–Trinajstić information content (AvgIpc) is 2.85. The van der Waals surface area contributed by atoms with Gasteiger partial charge in [0.05, 0.1) is 23.3 Å². The topological polar surface area (TPSA) is 88.2 Å². The molecule has 0 atom stereocenters. The fourth-order valence-electron chi connectivity index (χ4n) is 1.44. The summed E-state index contributed by atoms with van der Waals surface area (Å²) in [6.07, 6.45) is 3.68. The van der Waals surface area contributed by atoms with Crippen molar-refractivity contribution in [2.45, 2.75) is 19.9 Å². The second kappa shape index (κ2) is 5.71. The average molecular weight is 282 g/mol. The maximum atomic E-state index is 10.7. The van der Waals surface area contributed by atoms with Crippen LogP contribution in [0, 0.1) is 0 Å². The van der Waals surface area contributed by atoms with Crippen LogP contribution < -0.4 is 5.32 Å². The van der Waals surface area contributed by atoms with E-state index in [1.165, 1.54) is 12.3 Å². The maximum Gasteiger partial charge on any atom is 0.337 e. The van der Waals surface area contributed by atoms with E-state index in [4.69, 9.17) is 21.1 Å². The Bertz CT molecular complexity index is 598. The number of rotatable bonds is 5. The smallest absolute Gasteiger partial charge is 0.337 e. The highest BCUT2D eigenvalue weighted by atomic mass is 35.5. The highest BCUT2D eigenvalue weighted by molar-refractivity contribution is 6.33. The molecule has 0 radical (unpaired) electrons. The first-order valence-electron chi connectivity index (χ1n) is 5.66. The predicted molar refractivity (Wildman–Crippen MR) is 69.4 cm³/mol. The van der Waals surface area contributed by atoms with Crippen LogP contribution in [0.1, 0.15) is 28.9 Å². The molecule has 2 rings (SSSR count). The van der Waals surface area contributed by atoms with Gasteiger partial charge in [-0.1, -0.05) is 18.5 Å². The second-order valence-electron chi connectivity index (χ2n) is 3.79. The summed E-state index contributed by atoms with van der Waals surface area (Å²) in [6.45, 7) is 2.31. The minimum Gasteiger partial charge on any atom is -0.478 e. The molecule has 2 N–H and O–H groups in total.